The normalized spacial score (nSPS) is 17.2. The lowest BCUT2D eigenvalue weighted by molar-refractivity contribution is -0.136. The standard InChI is InChI=1S/C40H44ClN9O5S2/c1-24-10-8-12-27(41)35(24)47-37(53)30-23-42-40(57-30)45-31-22-32(44-25(2)43-31)49-19-17-48(18-20-49)16-6-4-3-5-7-21-56-29-13-9-11-26-34(29)39(55)50(38(26)54)28-14-15-33(51)46-36(28)52/h8-13,22-23,28H,3-7,14-21H2,1-2H3,(H,47,53)(H,46,51,52)(H,42,43,44,45). The van der Waals surface area contributed by atoms with Gasteiger partial charge in [0.25, 0.3) is 17.7 Å². The maximum absolute atomic E-state index is 13.3. The van der Waals surface area contributed by atoms with Crippen LogP contribution in [0.1, 0.15) is 86.7 Å². The molecule has 4 aromatic rings. The zero-order valence-electron chi connectivity index (χ0n) is 31.8. The van der Waals surface area contributed by atoms with Crippen molar-refractivity contribution >= 4 is 86.7 Å². The molecule has 298 valence electrons. The number of halogens is 1. The van der Waals surface area contributed by atoms with Crippen LogP contribution >= 0.6 is 34.7 Å². The number of hydrogen-bond acceptors (Lipinski definition) is 13. The Hall–Kier alpha value is -4.90. The van der Waals surface area contributed by atoms with E-state index in [-0.39, 0.29) is 24.7 Å². The number of benzene rings is 2. The lowest BCUT2D eigenvalue weighted by Crippen LogP contribution is -2.54. The minimum Gasteiger partial charge on any atom is -0.354 e. The van der Waals surface area contributed by atoms with E-state index in [0.717, 1.165) is 91.8 Å². The Labute approximate surface area is 344 Å². The minimum atomic E-state index is -0.962. The Bertz CT molecular complexity index is 2170. The summed E-state index contributed by atoms with van der Waals surface area (Å²) in [6, 6.07) is 11.7. The number of piperidine rings is 1. The van der Waals surface area contributed by atoms with Crippen molar-refractivity contribution in [3.8, 4) is 0 Å². The van der Waals surface area contributed by atoms with E-state index in [0.29, 0.717) is 43.5 Å². The van der Waals surface area contributed by atoms with E-state index in [1.165, 1.54) is 17.5 Å². The molecule has 0 radical (unpaired) electrons. The lowest BCUT2D eigenvalue weighted by Gasteiger charge is -2.35. The molecular formula is C40H44ClN9O5S2. The molecule has 14 nitrogen and oxygen atoms in total. The quantitative estimate of drug-likeness (QED) is 0.0680. The molecule has 0 saturated carbocycles. The van der Waals surface area contributed by atoms with Crippen LogP contribution in [-0.2, 0) is 9.59 Å². The molecule has 7 rings (SSSR count). The van der Waals surface area contributed by atoms with Gasteiger partial charge in [-0.3, -0.25) is 39.1 Å². The molecule has 57 heavy (non-hydrogen) atoms. The largest absolute Gasteiger partial charge is 0.354 e. The maximum atomic E-state index is 13.3. The van der Waals surface area contributed by atoms with Crippen LogP contribution in [-0.4, -0.2) is 98.8 Å². The highest BCUT2D eigenvalue weighted by Crippen LogP contribution is 2.35. The average molecular weight is 830 g/mol. The molecule has 5 heterocycles. The molecule has 3 aliphatic heterocycles. The van der Waals surface area contributed by atoms with Gasteiger partial charge < -0.3 is 15.5 Å². The monoisotopic (exact) mass is 829 g/mol. The number of imide groups is 2. The highest BCUT2D eigenvalue weighted by molar-refractivity contribution is 7.99. The number of anilines is 4. The smallest absolute Gasteiger partial charge is 0.267 e. The number of thioether (sulfide) groups is 1. The lowest BCUT2D eigenvalue weighted by atomic mass is 10.0. The predicted octanol–water partition coefficient (Wildman–Crippen LogP) is 6.47. The first-order valence-electron chi connectivity index (χ1n) is 19.2. The second-order valence-electron chi connectivity index (χ2n) is 14.3. The number of unbranched alkanes of at least 4 members (excludes halogenated alkanes) is 4. The minimum absolute atomic E-state index is 0.0977. The third kappa shape index (κ3) is 9.46. The number of carbonyl (C=O) groups is 5. The summed E-state index contributed by atoms with van der Waals surface area (Å²) in [6.07, 6.45) is 7.23. The fourth-order valence-corrected chi connectivity index (χ4v) is 9.32. The molecule has 2 aromatic heterocycles. The number of amides is 5. The highest BCUT2D eigenvalue weighted by Gasteiger charge is 2.45. The summed E-state index contributed by atoms with van der Waals surface area (Å²) < 4.78 is 0. The molecule has 5 amide bonds. The van der Waals surface area contributed by atoms with Crippen molar-refractivity contribution in [3.05, 3.63) is 81.1 Å². The van der Waals surface area contributed by atoms with Gasteiger partial charge in [0.05, 0.1) is 28.0 Å². The van der Waals surface area contributed by atoms with Crippen molar-refractivity contribution in [1.82, 2.24) is 30.1 Å². The molecule has 3 aliphatic rings. The summed E-state index contributed by atoms with van der Waals surface area (Å²) in [4.78, 5) is 84.0. The summed E-state index contributed by atoms with van der Waals surface area (Å²) in [5.74, 6) is 0.741. The fraction of sp³-hybridized carbons (Fsp3) is 0.400. The van der Waals surface area contributed by atoms with Crippen molar-refractivity contribution in [1.29, 1.82) is 0 Å². The summed E-state index contributed by atoms with van der Waals surface area (Å²) >= 11 is 9.10. The Morgan fingerprint density at radius 3 is 2.53 bits per heavy atom. The van der Waals surface area contributed by atoms with E-state index in [9.17, 15) is 24.0 Å². The zero-order chi connectivity index (χ0) is 40.1. The van der Waals surface area contributed by atoms with Gasteiger partial charge in [-0.05, 0) is 69.2 Å². The zero-order valence-corrected chi connectivity index (χ0v) is 34.2. The molecule has 2 aromatic carbocycles. The second kappa shape index (κ2) is 18.1. The fourth-order valence-electron chi connectivity index (χ4n) is 7.24. The van der Waals surface area contributed by atoms with E-state index in [2.05, 4.69) is 35.7 Å². The molecular weight excluding hydrogens is 786 g/mol. The van der Waals surface area contributed by atoms with Crippen LogP contribution < -0.4 is 20.9 Å². The van der Waals surface area contributed by atoms with Crippen LogP contribution in [0.4, 0.5) is 22.5 Å². The number of para-hydroxylation sites is 1. The number of piperazine rings is 1. The highest BCUT2D eigenvalue weighted by atomic mass is 35.5. The number of rotatable bonds is 15. The average Bonchev–Trinajstić information content (AvgIpc) is 3.76. The van der Waals surface area contributed by atoms with Crippen LogP contribution in [0, 0.1) is 13.8 Å². The number of carbonyl (C=O) groups excluding carboxylic acids is 5. The number of hydrogen-bond donors (Lipinski definition) is 3. The van der Waals surface area contributed by atoms with Crippen molar-refractivity contribution in [2.45, 2.75) is 69.7 Å². The topological polar surface area (TPSA) is 170 Å². The summed E-state index contributed by atoms with van der Waals surface area (Å²) in [7, 11) is 0. The first-order valence-corrected chi connectivity index (χ1v) is 21.3. The number of nitrogens with one attached hydrogen (secondary N) is 3. The van der Waals surface area contributed by atoms with Gasteiger partial charge in [0, 0.05) is 43.6 Å². The number of nitrogens with zero attached hydrogens (tertiary/aromatic N) is 6. The van der Waals surface area contributed by atoms with Gasteiger partial charge in [0.1, 0.15) is 28.4 Å². The van der Waals surface area contributed by atoms with E-state index in [1.54, 1.807) is 30.0 Å². The number of aryl methyl sites for hydroxylation is 2. The number of fused-ring (bicyclic) bond motifs is 1. The molecule has 1 unspecified atom stereocenters. The van der Waals surface area contributed by atoms with Crippen LogP contribution in [0.5, 0.6) is 0 Å². The molecule has 2 fully saturated rings. The van der Waals surface area contributed by atoms with E-state index in [4.69, 9.17) is 16.6 Å². The van der Waals surface area contributed by atoms with E-state index >= 15 is 0 Å². The molecule has 1 atom stereocenters. The molecule has 2 saturated heterocycles. The molecule has 0 aliphatic carbocycles. The van der Waals surface area contributed by atoms with E-state index < -0.39 is 23.8 Å². The molecule has 17 heteroatoms. The van der Waals surface area contributed by atoms with Gasteiger partial charge in [0.2, 0.25) is 11.8 Å². The third-order valence-electron chi connectivity index (χ3n) is 10.3. The summed E-state index contributed by atoms with van der Waals surface area (Å²) in [5, 5.41) is 9.42. The van der Waals surface area contributed by atoms with Crippen molar-refractivity contribution < 1.29 is 24.0 Å². The van der Waals surface area contributed by atoms with Gasteiger partial charge in [-0.1, -0.05) is 60.4 Å². The van der Waals surface area contributed by atoms with Crippen LogP contribution in [0.15, 0.2) is 53.6 Å². The number of thiazole rings is 1. The Kier molecular flexibility index (Phi) is 12.8. The van der Waals surface area contributed by atoms with Gasteiger partial charge in [-0.2, -0.15) is 0 Å². The molecule has 0 spiro atoms. The summed E-state index contributed by atoms with van der Waals surface area (Å²) in [6.45, 7) is 8.42. The Morgan fingerprint density at radius 1 is 0.965 bits per heavy atom. The van der Waals surface area contributed by atoms with Gasteiger partial charge in [-0.15, -0.1) is 11.8 Å². The number of aromatic nitrogens is 3. The van der Waals surface area contributed by atoms with Crippen molar-refractivity contribution in [3.63, 3.8) is 0 Å². The maximum Gasteiger partial charge on any atom is 0.267 e. The summed E-state index contributed by atoms with van der Waals surface area (Å²) in [5.41, 5.74) is 2.15. The first kappa shape index (κ1) is 40.3. The third-order valence-corrected chi connectivity index (χ3v) is 12.6. The van der Waals surface area contributed by atoms with Crippen LogP contribution in [0.3, 0.4) is 0 Å². The van der Waals surface area contributed by atoms with Crippen molar-refractivity contribution in [2.24, 2.45) is 0 Å². The van der Waals surface area contributed by atoms with Gasteiger partial charge in [-0.25, -0.2) is 15.0 Å². The SMILES string of the molecule is Cc1nc(Nc2ncc(C(=O)Nc3c(C)cccc3Cl)s2)cc(N2CCN(CCCCCCCSc3cccc4c3C(=O)N(C3CCC(=O)NC3=O)C4=O)CC2)n1. The molecule has 0 bridgehead atoms. The van der Waals surface area contributed by atoms with Gasteiger partial charge in [0.15, 0.2) is 5.13 Å². The van der Waals surface area contributed by atoms with Gasteiger partial charge >= 0.3 is 0 Å². The predicted molar refractivity (Wildman–Crippen MR) is 222 cm³/mol. The molecule has 3 N–H and O–H groups in total. The van der Waals surface area contributed by atoms with Crippen molar-refractivity contribution in [2.75, 3.05) is 54.0 Å². The Balaban J connectivity index is 0.803. The van der Waals surface area contributed by atoms with E-state index in [1.807, 2.05) is 38.1 Å². The Morgan fingerprint density at radius 2 is 1.74 bits per heavy atom. The van der Waals surface area contributed by atoms with Crippen LogP contribution in [0.25, 0.3) is 0 Å². The first-order chi connectivity index (χ1) is 27.5. The second-order valence-corrected chi connectivity index (χ2v) is 16.8. The van der Waals surface area contributed by atoms with Crippen LogP contribution in [0.2, 0.25) is 5.02 Å².